The standard InChI is InChI=1S/C28H41NO/c1-20(2)22-11-13-24-23(19-22)12-14-25-27(24,3)16-8-17-28(25,4)26(30)29-18-15-21-9-6-5-7-10-21/h5-7,9-10,12,20,22,24-25H,8,11,13-19H2,1-4H3,(H,29,30)/t22?,24-,25?,27-,28+/m1/s1. The molecule has 1 amide bonds. The van der Waals surface area contributed by atoms with Crippen LogP contribution in [-0.4, -0.2) is 12.5 Å². The molecule has 0 spiro atoms. The zero-order valence-electron chi connectivity index (χ0n) is 19.5. The van der Waals surface area contributed by atoms with E-state index in [1.54, 1.807) is 5.57 Å². The van der Waals surface area contributed by atoms with Gasteiger partial charge in [0, 0.05) is 6.54 Å². The SMILES string of the molecule is CC(C)C1CC[C@@H]2C(=CCC3[C@]2(C)CCC[C@]3(C)C(=O)NCCc2ccccc2)C1. The minimum atomic E-state index is -0.236. The smallest absolute Gasteiger partial charge is 0.226 e. The molecule has 2 saturated carbocycles. The first-order valence-electron chi connectivity index (χ1n) is 12.4. The molecule has 2 nitrogen and oxygen atoms in total. The molecule has 164 valence electrons. The molecule has 0 saturated heterocycles. The van der Waals surface area contributed by atoms with Crippen molar-refractivity contribution in [1.82, 2.24) is 5.32 Å². The molecule has 5 atom stereocenters. The van der Waals surface area contributed by atoms with Gasteiger partial charge in [-0.3, -0.25) is 4.79 Å². The lowest BCUT2D eigenvalue weighted by Gasteiger charge is -2.58. The summed E-state index contributed by atoms with van der Waals surface area (Å²) >= 11 is 0. The third-order valence-electron chi connectivity index (χ3n) is 9.16. The van der Waals surface area contributed by atoms with Crippen LogP contribution in [0.4, 0.5) is 0 Å². The van der Waals surface area contributed by atoms with Crippen molar-refractivity contribution in [3.8, 4) is 0 Å². The fourth-order valence-corrected chi connectivity index (χ4v) is 7.23. The topological polar surface area (TPSA) is 29.1 Å². The molecule has 0 aromatic heterocycles. The maximum absolute atomic E-state index is 13.5. The second-order valence-electron chi connectivity index (χ2n) is 11.2. The van der Waals surface area contributed by atoms with Gasteiger partial charge in [0.05, 0.1) is 5.41 Å². The van der Waals surface area contributed by atoms with Gasteiger partial charge in [0.1, 0.15) is 0 Å². The third-order valence-corrected chi connectivity index (χ3v) is 9.16. The van der Waals surface area contributed by atoms with Crippen molar-refractivity contribution in [3.63, 3.8) is 0 Å². The lowest BCUT2D eigenvalue weighted by Crippen LogP contribution is -2.56. The van der Waals surface area contributed by atoms with Gasteiger partial charge < -0.3 is 5.32 Å². The van der Waals surface area contributed by atoms with E-state index >= 15 is 0 Å². The summed E-state index contributed by atoms with van der Waals surface area (Å²) in [7, 11) is 0. The molecule has 0 bridgehead atoms. The molecule has 2 unspecified atom stereocenters. The molecule has 1 aromatic carbocycles. The predicted molar refractivity (Wildman–Crippen MR) is 125 cm³/mol. The summed E-state index contributed by atoms with van der Waals surface area (Å²) in [6, 6.07) is 10.5. The largest absolute Gasteiger partial charge is 0.355 e. The van der Waals surface area contributed by atoms with Crippen LogP contribution in [0.3, 0.4) is 0 Å². The summed E-state index contributed by atoms with van der Waals surface area (Å²) in [5.74, 6) is 3.10. The minimum absolute atomic E-state index is 0.236. The van der Waals surface area contributed by atoms with Gasteiger partial charge in [0.15, 0.2) is 0 Å². The molecule has 3 aliphatic rings. The van der Waals surface area contributed by atoms with Gasteiger partial charge in [-0.05, 0) is 79.6 Å². The Hall–Kier alpha value is -1.57. The highest BCUT2D eigenvalue weighted by molar-refractivity contribution is 5.83. The molecule has 30 heavy (non-hydrogen) atoms. The molecule has 0 aliphatic heterocycles. The first-order valence-corrected chi connectivity index (χ1v) is 12.4. The van der Waals surface area contributed by atoms with Gasteiger partial charge in [-0.15, -0.1) is 0 Å². The quantitative estimate of drug-likeness (QED) is 0.550. The number of benzene rings is 1. The maximum atomic E-state index is 13.5. The second kappa shape index (κ2) is 8.52. The number of rotatable bonds is 5. The van der Waals surface area contributed by atoms with E-state index in [4.69, 9.17) is 0 Å². The van der Waals surface area contributed by atoms with Gasteiger partial charge in [-0.2, -0.15) is 0 Å². The van der Waals surface area contributed by atoms with Crippen LogP contribution < -0.4 is 5.32 Å². The Morgan fingerprint density at radius 2 is 1.90 bits per heavy atom. The summed E-state index contributed by atoms with van der Waals surface area (Å²) in [5.41, 5.74) is 3.08. The highest BCUT2D eigenvalue weighted by Crippen LogP contribution is 2.62. The first kappa shape index (κ1) is 21.7. The summed E-state index contributed by atoms with van der Waals surface area (Å²) < 4.78 is 0. The summed E-state index contributed by atoms with van der Waals surface area (Å²) in [6.07, 6.45) is 12.1. The van der Waals surface area contributed by atoms with Gasteiger partial charge in [0.25, 0.3) is 0 Å². The average Bonchev–Trinajstić information content (AvgIpc) is 2.74. The van der Waals surface area contributed by atoms with E-state index in [0.717, 1.165) is 37.6 Å². The zero-order chi connectivity index (χ0) is 21.4. The lowest BCUT2D eigenvalue weighted by atomic mass is 9.46. The van der Waals surface area contributed by atoms with Crippen LogP contribution in [0.15, 0.2) is 42.0 Å². The number of carbonyl (C=O) groups excluding carboxylic acids is 1. The fraction of sp³-hybridized carbons (Fsp3) is 0.679. The highest BCUT2D eigenvalue weighted by Gasteiger charge is 2.57. The van der Waals surface area contributed by atoms with Gasteiger partial charge in [-0.25, -0.2) is 0 Å². The van der Waals surface area contributed by atoms with Crippen molar-refractivity contribution in [3.05, 3.63) is 47.5 Å². The monoisotopic (exact) mass is 407 g/mol. The van der Waals surface area contributed by atoms with Gasteiger partial charge >= 0.3 is 0 Å². The first-order chi connectivity index (χ1) is 14.3. The molecule has 3 aliphatic carbocycles. The van der Waals surface area contributed by atoms with Crippen LogP contribution >= 0.6 is 0 Å². The van der Waals surface area contributed by atoms with Crippen molar-refractivity contribution in [1.29, 1.82) is 0 Å². The van der Waals surface area contributed by atoms with E-state index in [1.165, 1.54) is 37.7 Å². The van der Waals surface area contributed by atoms with Crippen LogP contribution in [0.2, 0.25) is 0 Å². The molecule has 4 rings (SSSR count). The summed E-state index contributed by atoms with van der Waals surface area (Å²) in [6.45, 7) is 10.3. The number of hydrogen-bond acceptors (Lipinski definition) is 1. The minimum Gasteiger partial charge on any atom is -0.355 e. The number of hydrogen-bond donors (Lipinski definition) is 1. The van der Waals surface area contributed by atoms with Crippen LogP contribution in [0, 0.1) is 34.5 Å². The van der Waals surface area contributed by atoms with E-state index < -0.39 is 0 Å². The Bertz CT molecular complexity index is 781. The second-order valence-corrected chi connectivity index (χ2v) is 11.2. The third kappa shape index (κ3) is 3.87. The maximum Gasteiger partial charge on any atom is 0.226 e. The molecule has 0 radical (unpaired) electrons. The Labute approximate surface area is 183 Å². The van der Waals surface area contributed by atoms with Crippen LogP contribution in [0.25, 0.3) is 0 Å². The number of carbonyl (C=O) groups is 1. The van der Waals surface area contributed by atoms with Crippen LogP contribution in [-0.2, 0) is 11.2 Å². The van der Waals surface area contributed by atoms with Crippen LogP contribution in [0.1, 0.15) is 78.2 Å². The van der Waals surface area contributed by atoms with Crippen LogP contribution in [0.5, 0.6) is 0 Å². The Balaban J connectivity index is 1.48. The molecule has 1 N–H and O–H groups in total. The van der Waals surface area contributed by atoms with E-state index in [2.05, 4.69) is 63.4 Å². The Kier molecular flexibility index (Phi) is 6.15. The van der Waals surface area contributed by atoms with E-state index in [-0.39, 0.29) is 10.8 Å². The van der Waals surface area contributed by atoms with E-state index in [0.29, 0.717) is 17.7 Å². The van der Waals surface area contributed by atoms with Crippen molar-refractivity contribution in [2.24, 2.45) is 34.5 Å². The Morgan fingerprint density at radius 3 is 2.63 bits per heavy atom. The fourth-order valence-electron chi connectivity index (χ4n) is 7.23. The van der Waals surface area contributed by atoms with Crippen molar-refractivity contribution in [2.45, 2.75) is 79.1 Å². The molecular weight excluding hydrogens is 366 g/mol. The summed E-state index contributed by atoms with van der Waals surface area (Å²) in [5, 5.41) is 3.33. The Morgan fingerprint density at radius 1 is 1.13 bits per heavy atom. The van der Waals surface area contributed by atoms with Crippen molar-refractivity contribution < 1.29 is 4.79 Å². The van der Waals surface area contributed by atoms with Gasteiger partial charge in [-0.1, -0.05) is 76.1 Å². The zero-order valence-corrected chi connectivity index (χ0v) is 19.5. The lowest BCUT2D eigenvalue weighted by molar-refractivity contribution is -0.144. The molecule has 0 heterocycles. The summed E-state index contributed by atoms with van der Waals surface area (Å²) in [4.78, 5) is 13.5. The highest BCUT2D eigenvalue weighted by atomic mass is 16.2. The molecule has 1 aromatic rings. The van der Waals surface area contributed by atoms with Crippen molar-refractivity contribution >= 4 is 5.91 Å². The molecule has 2 heteroatoms. The number of amides is 1. The van der Waals surface area contributed by atoms with E-state index in [9.17, 15) is 4.79 Å². The molecular formula is C28H41NO. The van der Waals surface area contributed by atoms with E-state index in [1.807, 2.05) is 6.07 Å². The normalized spacial score (nSPS) is 35.9. The number of nitrogens with one attached hydrogen (secondary N) is 1. The number of fused-ring (bicyclic) bond motifs is 3. The molecule has 2 fully saturated rings. The average molecular weight is 408 g/mol. The number of allylic oxidation sites excluding steroid dienone is 2. The predicted octanol–water partition coefficient (Wildman–Crippen LogP) is 6.56. The van der Waals surface area contributed by atoms with Gasteiger partial charge in [0.2, 0.25) is 5.91 Å². The van der Waals surface area contributed by atoms with Crippen molar-refractivity contribution in [2.75, 3.05) is 6.54 Å².